The van der Waals surface area contributed by atoms with Crippen molar-refractivity contribution in [3.8, 4) is 10.6 Å². The van der Waals surface area contributed by atoms with E-state index in [9.17, 15) is 21.6 Å². The summed E-state index contributed by atoms with van der Waals surface area (Å²) in [4.78, 5) is 0.378. The number of aromatic nitrogens is 2. The minimum absolute atomic E-state index is 0.0763. The quantitative estimate of drug-likeness (QED) is 0.886. The van der Waals surface area contributed by atoms with Crippen LogP contribution in [0.3, 0.4) is 0 Å². The zero-order valence-corrected chi connectivity index (χ0v) is 13.7. The average molecular weight is 365 g/mol. The molecule has 1 saturated carbocycles. The summed E-state index contributed by atoms with van der Waals surface area (Å²) >= 11 is 0.904. The van der Waals surface area contributed by atoms with Crippen molar-refractivity contribution in [2.45, 2.75) is 23.2 Å². The summed E-state index contributed by atoms with van der Waals surface area (Å²) in [5.74, 6) is 0.398. The first-order valence-electron chi connectivity index (χ1n) is 6.88. The zero-order valence-electron chi connectivity index (χ0n) is 12.1. The van der Waals surface area contributed by atoms with Gasteiger partial charge in [-0.1, -0.05) is 0 Å². The predicted molar refractivity (Wildman–Crippen MR) is 79.4 cm³/mol. The molecule has 2 aromatic heterocycles. The molecule has 10 heteroatoms. The first-order valence-corrected chi connectivity index (χ1v) is 9.18. The topological polar surface area (TPSA) is 64.0 Å². The smallest absolute Gasteiger partial charge is 0.263 e. The molecule has 1 aliphatic rings. The lowest BCUT2D eigenvalue weighted by atomic mass is 10.3. The van der Waals surface area contributed by atoms with E-state index in [4.69, 9.17) is 0 Å². The van der Waals surface area contributed by atoms with Crippen LogP contribution < -0.4 is 4.72 Å². The Morgan fingerprint density at radius 2 is 2.09 bits per heavy atom. The van der Waals surface area contributed by atoms with Crippen molar-refractivity contribution < 1.29 is 21.6 Å². The SMILES string of the molecule is Cn1nc(-c2ccc(S(=O)(=O)NCC3CC3)s2)cc1C(F)(F)F. The van der Waals surface area contributed by atoms with E-state index in [0.717, 1.165) is 34.9 Å². The molecule has 2 heterocycles. The molecule has 0 aliphatic heterocycles. The van der Waals surface area contributed by atoms with Crippen LogP contribution in [0.15, 0.2) is 22.4 Å². The van der Waals surface area contributed by atoms with Crippen molar-refractivity contribution in [3.63, 3.8) is 0 Å². The molecule has 5 nitrogen and oxygen atoms in total. The molecule has 0 saturated heterocycles. The Labute approximate surface area is 135 Å². The first-order chi connectivity index (χ1) is 10.7. The molecule has 1 fully saturated rings. The zero-order chi connectivity index (χ0) is 16.8. The highest BCUT2D eigenvalue weighted by Crippen LogP contribution is 2.35. The minimum atomic E-state index is -4.50. The van der Waals surface area contributed by atoms with Gasteiger partial charge in [0.2, 0.25) is 10.0 Å². The van der Waals surface area contributed by atoms with Crippen molar-refractivity contribution in [2.24, 2.45) is 13.0 Å². The molecule has 1 aliphatic carbocycles. The van der Waals surface area contributed by atoms with Gasteiger partial charge < -0.3 is 0 Å². The molecule has 0 aromatic carbocycles. The molecule has 23 heavy (non-hydrogen) atoms. The summed E-state index contributed by atoms with van der Waals surface area (Å²) in [5.41, 5.74) is -0.773. The lowest BCUT2D eigenvalue weighted by Crippen LogP contribution is -2.24. The van der Waals surface area contributed by atoms with Gasteiger partial charge in [-0.3, -0.25) is 4.68 Å². The van der Waals surface area contributed by atoms with Gasteiger partial charge in [0.25, 0.3) is 0 Å². The van der Waals surface area contributed by atoms with Crippen molar-refractivity contribution >= 4 is 21.4 Å². The Bertz CT molecular complexity index is 820. The van der Waals surface area contributed by atoms with Gasteiger partial charge in [-0.15, -0.1) is 11.3 Å². The number of hydrogen-bond acceptors (Lipinski definition) is 4. The van der Waals surface area contributed by atoms with E-state index in [1.807, 2.05) is 0 Å². The second-order valence-corrected chi connectivity index (χ2v) is 8.53. The van der Waals surface area contributed by atoms with Crippen LogP contribution in [-0.4, -0.2) is 24.7 Å². The molecule has 0 radical (unpaired) electrons. The Balaban J connectivity index is 1.84. The number of thiophene rings is 1. The van der Waals surface area contributed by atoms with E-state index >= 15 is 0 Å². The molecular weight excluding hydrogens is 351 g/mol. The Hall–Kier alpha value is -1.39. The van der Waals surface area contributed by atoms with Crippen LogP contribution >= 0.6 is 11.3 Å². The summed E-state index contributed by atoms with van der Waals surface area (Å²) < 4.78 is 66.0. The van der Waals surface area contributed by atoms with E-state index in [0.29, 0.717) is 17.3 Å². The fourth-order valence-electron chi connectivity index (χ4n) is 2.08. The number of hydrogen-bond donors (Lipinski definition) is 1. The number of sulfonamides is 1. The first kappa shape index (κ1) is 16.5. The molecule has 0 bridgehead atoms. The number of alkyl halides is 3. The molecule has 3 rings (SSSR count). The van der Waals surface area contributed by atoms with E-state index in [1.54, 1.807) is 0 Å². The third kappa shape index (κ3) is 3.59. The fourth-order valence-corrected chi connectivity index (χ4v) is 4.50. The second kappa shape index (κ2) is 5.60. The summed E-state index contributed by atoms with van der Waals surface area (Å²) in [5, 5.41) is 3.82. The van der Waals surface area contributed by atoms with E-state index < -0.39 is 21.9 Å². The molecule has 0 atom stereocenters. The molecule has 126 valence electrons. The van der Waals surface area contributed by atoms with Crippen molar-refractivity contribution in [3.05, 3.63) is 23.9 Å². The van der Waals surface area contributed by atoms with E-state index in [1.165, 1.54) is 19.2 Å². The van der Waals surface area contributed by atoms with Crippen LogP contribution in [0.4, 0.5) is 13.2 Å². The summed E-state index contributed by atoms with van der Waals surface area (Å²) in [6.45, 7) is 0.400. The van der Waals surface area contributed by atoms with Gasteiger partial charge in [0.05, 0.1) is 4.88 Å². The van der Waals surface area contributed by atoms with Crippen molar-refractivity contribution in [2.75, 3.05) is 6.54 Å². The van der Waals surface area contributed by atoms with Crippen LogP contribution in [0.25, 0.3) is 10.6 Å². The van der Waals surface area contributed by atoms with Crippen molar-refractivity contribution in [1.29, 1.82) is 0 Å². The van der Waals surface area contributed by atoms with Crippen LogP contribution in [0.2, 0.25) is 0 Å². The van der Waals surface area contributed by atoms with Gasteiger partial charge in [-0.2, -0.15) is 18.3 Å². The highest BCUT2D eigenvalue weighted by molar-refractivity contribution is 7.91. The van der Waals surface area contributed by atoms with Crippen LogP contribution in [0.5, 0.6) is 0 Å². The summed E-state index contributed by atoms with van der Waals surface area (Å²) in [7, 11) is -2.42. The van der Waals surface area contributed by atoms with Gasteiger partial charge in [0, 0.05) is 13.6 Å². The van der Waals surface area contributed by atoms with Crippen LogP contribution in [0, 0.1) is 5.92 Å². The summed E-state index contributed by atoms with van der Waals surface area (Å²) in [6, 6.07) is 3.77. The number of aryl methyl sites for hydroxylation is 1. The third-order valence-corrected chi connectivity index (χ3v) is 6.55. The number of nitrogens with zero attached hydrogens (tertiary/aromatic N) is 2. The molecule has 2 aromatic rings. The van der Waals surface area contributed by atoms with E-state index in [2.05, 4.69) is 9.82 Å². The van der Waals surface area contributed by atoms with Crippen molar-refractivity contribution in [1.82, 2.24) is 14.5 Å². The maximum Gasteiger partial charge on any atom is 0.433 e. The fraction of sp³-hybridized carbons (Fsp3) is 0.462. The molecule has 0 amide bonds. The highest BCUT2D eigenvalue weighted by Gasteiger charge is 2.35. The van der Waals surface area contributed by atoms with Gasteiger partial charge >= 0.3 is 6.18 Å². The van der Waals surface area contributed by atoms with E-state index in [-0.39, 0.29) is 9.90 Å². The summed E-state index contributed by atoms with van der Waals surface area (Å²) in [6.07, 6.45) is -2.46. The standard InChI is InChI=1S/C13H14F3N3O2S2/c1-19-11(13(14,15)16)6-9(18-19)10-4-5-12(22-10)23(20,21)17-7-8-2-3-8/h4-6,8,17H,2-3,7H2,1H3. The Kier molecular flexibility index (Phi) is 4.01. The normalized spacial score (nSPS) is 16.0. The average Bonchev–Trinajstić information content (AvgIpc) is 2.96. The molecule has 0 spiro atoms. The molecule has 1 N–H and O–H groups in total. The highest BCUT2D eigenvalue weighted by atomic mass is 32.2. The minimum Gasteiger partial charge on any atom is -0.263 e. The third-order valence-electron chi connectivity index (χ3n) is 3.53. The number of nitrogens with one attached hydrogen (secondary N) is 1. The lowest BCUT2D eigenvalue weighted by molar-refractivity contribution is -0.143. The Morgan fingerprint density at radius 1 is 1.39 bits per heavy atom. The largest absolute Gasteiger partial charge is 0.433 e. The second-order valence-electron chi connectivity index (χ2n) is 5.45. The maximum atomic E-state index is 12.8. The molecule has 0 unspecified atom stereocenters. The molecular formula is C13H14F3N3O2S2. The maximum absolute atomic E-state index is 12.8. The number of halogens is 3. The monoisotopic (exact) mass is 365 g/mol. The Morgan fingerprint density at radius 3 is 2.65 bits per heavy atom. The number of rotatable bonds is 5. The van der Waals surface area contributed by atoms with Gasteiger partial charge in [0.1, 0.15) is 15.6 Å². The van der Waals surface area contributed by atoms with Gasteiger partial charge in [-0.05, 0) is 37.0 Å². The van der Waals surface area contributed by atoms with Gasteiger partial charge in [0.15, 0.2) is 0 Å². The predicted octanol–water partition coefficient (Wildman–Crippen LogP) is 2.86. The van der Waals surface area contributed by atoms with Crippen LogP contribution in [-0.2, 0) is 23.2 Å². The van der Waals surface area contributed by atoms with Crippen LogP contribution in [0.1, 0.15) is 18.5 Å². The van der Waals surface area contributed by atoms with Gasteiger partial charge in [-0.25, -0.2) is 13.1 Å². The lowest BCUT2D eigenvalue weighted by Gasteiger charge is -2.04.